The van der Waals surface area contributed by atoms with E-state index in [4.69, 9.17) is 4.98 Å². The van der Waals surface area contributed by atoms with Crippen molar-refractivity contribution in [3.8, 4) is 0 Å². The molecule has 0 amide bonds. The molecule has 1 aliphatic carbocycles. The number of fused-ring (bicyclic) bond motifs is 1. The van der Waals surface area contributed by atoms with E-state index in [0.29, 0.717) is 36.4 Å². The molecule has 0 radical (unpaired) electrons. The van der Waals surface area contributed by atoms with Crippen LogP contribution in [0.4, 0.5) is 22.2 Å². The Morgan fingerprint density at radius 1 is 0.844 bits per heavy atom. The summed E-state index contributed by atoms with van der Waals surface area (Å²) in [6.45, 7) is 2.48. The van der Waals surface area contributed by atoms with Gasteiger partial charge in [-0.05, 0) is 61.3 Å². The zero-order valence-corrected chi connectivity index (χ0v) is 18.2. The van der Waals surface area contributed by atoms with Crippen LogP contribution >= 0.6 is 0 Å². The number of aromatic nitrogens is 3. The van der Waals surface area contributed by atoms with Crippen LogP contribution in [0.15, 0.2) is 48.5 Å². The lowest BCUT2D eigenvalue weighted by atomic mass is 10.1. The maximum Gasteiger partial charge on any atom is 0.231 e. The fraction of sp³-hybridized carbons (Fsp3) is 0.400. The average Bonchev–Trinajstić information content (AvgIpc) is 3.23. The largest absolute Gasteiger partial charge is 0.354 e. The van der Waals surface area contributed by atoms with Gasteiger partial charge in [0.15, 0.2) is 0 Å². The molecule has 166 valence electrons. The monoisotopic (exact) mass is 432 g/mol. The van der Waals surface area contributed by atoms with Crippen LogP contribution in [0.5, 0.6) is 0 Å². The Morgan fingerprint density at radius 2 is 1.53 bits per heavy atom. The van der Waals surface area contributed by atoms with Crippen LogP contribution in [0, 0.1) is 5.82 Å². The highest BCUT2D eigenvalue weighted by molar-refractivity contribution is 5.46. The van der Waals surface area contributed by atoms with E-state index in [-0.39, 0.29) is 11.9 Å². The summed E-state index contributed by atoms with van der Waals surface area (Å²) in [7, 11) is 0. The van der Waals surface area contributed by atoms with Gasteiger partial charge in [0.05, 0.1) is 0 Å². The van der Waals surface area contributed by atoms with Crippen LogP contribution in [0.25, 0.3) is 0 Å². The number of rotatable bonds is 7. The zero-order chi connectivity index (χ0) is 21.8. The van der Waals surface area contributed by atoms with E-state index in [0.717, 1.165) is 38.8 Å². The molecule has 2 N–H and O–H groups in total. The standard InChI is InChI=1S/C25H29FN6/c26-22-11-5-4-8-18(22)12-13-27-23-29-24(31-25(30-23)32-14-6-1-7-15-32)28-21-16-19-9-2-3-10-20(19)17-21/h2-5,8-11,21H,1,6-7,12-17H2,(H2,27,28,29,30,31). The second kappa shape index (κ2) is 9.51. The summed E-state index contributed by atoms with van der Waals surface area (Å²) in [5.74, 6) is 1.68. The third-order valence-electron chi connectivity index (χ3n) is 6.28. The molecule has 1 fully saturated rings. The minimum atomic E-state index is -0.179. The number of piperidine rings is 1. The molecule has 0 atom stereocenters. The van der Waals surface area contributed by atoms with Gasteiger partial charge in [-0.25, -0.2) is 4.39 Å². The Balaban J connectivity index is 1.31. The molecular formula is C25H29FN6. The number of hydrogen-bond acceptors (Lipinski definition) is 6. The maximum atomic E-state index is 13.9. The molecule has 2 aliphatic rings. The SMILES string of the molecule is Fc1ccccc1CCNc1nc(NC2Cc3ccccc3C2)nc(N2CCCCC2)n1. The normalized spacial score (nSPS) is 16.1. The number of halogens is 1. The van der Waals surface area contributed by atoms with Crippen LogP contribution < -0.4 is 15.5 Å². The second-order valence-electron chi connectivity index (χ2n) is 8.62. The van der Waals surface area contributed by atoms with Crippen LogP contribution in [-0.2, 0) is 19.3 Å². The van der Waals surface area contributed by atoms with Crippen molar-refractivity contribution in [2.24, 2.45) is 0 Å². The molecule has 3 aromatic rings. The topological polar surface area (TPSA) is 66.0 Å². The van der Waals surface area contributed by atoms with E-state index in [9.17, 15) is 4.39 Å². The van der Waals surface area contributed by atoms with Gasteiger partial charge in [0.2, 0.25) is 17.8 Å². The number of anilines is 3. The lowest BCUT2D eigenvalue weighted by Gasteiger charge is -2.27. The van der Waals surface area contributed by atoms with E-state index in [1.807, 2.05) is 12.1 Å². The second-order valence-corrected chi connectivity index (χ2v) is 8.62. The van der Waals surface area contributed by atoms with Crippen molar-refractivity contribution in [2.75, 3.05) is 35.2 Å². The first-order valence-electron chi connectivity index (χ1n) is 11.6. The van der Waals surface area contributed by atoms with Gasteiger partial charge in [0.1, 0.15) is 5.82 Å². The summed E-state index contributed by atoms with van der Waals surface area (Å²) >= 11 is 0. The minimum absolute atomic E-state index is 0.179. The molecule has 0 bridgehead atoms. The number of nitrogens with one attached hydrogen (secondary N) is 2. The van der Waals surface area contributed by atoms with Gasteiger partial charge in [-0.1, -0.05) is 42.5 Å². The molecule has 6 nitrogen and oxygen atoms in total. The Kier molecular flexibility index (Phi) is 6.14. The molecule has 2 aromatic carbocycles. The average molecular weight is 433 g/mol. The molecule has 5 rings (SSSR count). The quantitative estimate of drug-likeness (QED) is 0.582. The van der Waals surface area contributed by atoms with Gasteiger partial charge in [0.25, 0.3) is 0 Å². The van der Waals surface area contributed by atoms with Crippen molar-refractivity contribution < 1.29 is 4.39 Å². The van der Waals surface area contributed by atoms with Crippen LogP contribution in [-0.4, -0.2) is 40.6 Å². The summed E-state index contributed by atoms with van der Waals surface area (Å²) in [6, 6.07) is 15.7. The zero-order valence-electron chi connectivity index (χ0n) is 18.2. The van der Waals surface area contributed by atoms with Gasteiger partial charge in [-0.2, -0.15) is 15.0 Å². The third-order valence-corrected chi connectivity index (χ3v) is 6.28. The summed E-state index contributed by atoms with van der Waals surface area (Å²) in [5.41, 5.74) is 3.46. The third kappa shape index (κ3) is 4.82. The molecule has 0 unspecified atom stereocenters. The summed E-state index contributed by atoms with van der Waals surface area (Å²) in [4.78, 5) is 16.3. The Labute approximate surface area is 188 Å². The summed E-state index contributed by atoms with van der Waals surface area (Å²) < 4.78 is 13.9. The van der Waals surface area contributed by atoms with Gasteiger partial charge >= 0.3 is 0 Å². The highest BCUT2D eigenvalue weighted by Crippen LogP contribution is 2.25. The van der Waals surface area contributed by atoms with Gasteiger partial charge in [-0.3, -0.25) is 0 Å². The molecule has 32 heavy (non-hydrogen) atoms. The smallest absolute Gasteiger partial charge is 0.231 e. The summed E-state index contributed by atoms with van der Waals surface area (Å²) in [5, 5.41) is 6.82. The highest BCUT2D eigenvalue weighted by atomic mass is 19.1. The van der Waals surface area contributed by atoms with Crippen molar-refractivity contribution in [3.63, 3.8) is 0 Å². The van der Waals surface area contributed by atoms with Crippen LogP contribution in [0.2, 0.25) is 0 Å². The predicted octanol–water partition coefficient (Wildman–Crippen LogP) is 4.23. The Hall–Kier alpha value is -3.22. The lowest BCUT2D eigenvalue weighted by molar-refractivity contribution is 0.567. The van der Waals surface area contributed by atoms with Crippen LogP contribution in [0.1, 0.15) is 36.0 Å². The van der Waals surface area contributed by atoms with Gasteiger partial charge in [0, 0.05) is 25.7 Å². The van der Waals surface area contributed by atoms with E-state index < -0.39 is 0 Å². The fourth-order valence-electron chi connectivity index (χ4n) is 4.60. The van der Waals surface area contributed by atoms with Crippen LogP contribution in [0.3, 0.4) is 0 Å². The first-order chi connectivity index (χ1) is 15.7. The molecule has 2 heterocycles. The van der Waals surface area contributed by atoms with Gasteiger partial charge in [-0.15, -0.1) is 0 Å². The number of nitrogens with zero attached hydrogens (tertiary/aromatic N) is 4. The number of hydrogen-bond donors (Lipinski definition) is 2. The highest BCUT2D eigenvalue weighted by Gasteiger charge is 2.23. The molecular weight excluding hydrogens is 403 g/mol. The molecule has 1 aliphatic heterocycles. The van der Waals surface area contributed by atoms with Crippen molar-refractivity contribution in [1.82, 2.24) is 15.0 Å². The molecule has 0 spiro atoms. The lowest BCUT2D eigenvalue weighted by Crippen LogP contribution is -2.32. The predicted molar refractivity (Wildman–Crippen MR) is 126 cm³/mol. The van der Waals surface area contributed by atoms with Crippen molar-refractivity contribution in [3.05, 3.63) is 71.0 Å². The van der Waals surface area contributed by atoms with Gasteiger partial charge < -0.3 is 15.5 Å². The minimum Gasteiger partial charge on any atom is -0.354 e. The number of benzene rings is 2. The molecule has 1 saturated heterocycles. The van der Waals surface area contributed by atoms with E-state index in [2.05, 4.69) is 49.8 Å². The first-order valence-corrected chi connectivity index (χ1v) is 11.6. The Bertz CT molecular complexity index is 1040. The summed E-state index contributed by atoms with van der Waals surface area (Å²) in [6.07, 6.45) is 6.07. The van der Waals surface area contributed by atoms with Crippen molar-refractivity contribution in [1.29, 1.82) is 0 Å². The van der Waals surface area contributed by atoms with Crippen molar-refractivity contribution in [2.45, 2.75) is 44.6 Å². The first kappa shape index (κ1) is 20.7. The molecule has 1 aromatic heterocycles. The maximum absolute atomic E-state index is 13.9. The van der Waals surface area contributed by atoms with Crippen molar-refractivity contribution >= 4 is 17.8 Å². The fourth-order valence-corrected chi connectivity index (χ4v) is 4.60. The van der Waals surface area contributed by atoms with E-state index in [1.165, 1.54) is 23.6 Å². The van der Waals surface area contributed by atoms with E-state index in [1.54, 1.807) is 6.07 Å². The molecule has 7 heteroatoms. The van der Waals surface area contributed by atoms with E-state index >= 15 is 0 Å². The molecule has 0 saturated carbocycles. The Morgan fingerprint density at radius 3 is 2.28 bits per heavy atom.